The molecular weight excluding hydrogens is 232 g/mol. The van der Waals surface area contributed by atoms with E-state index in [1.165, 1.54) is 25.8 Å². The van der Waals surface area contributed by atoms with Gasteiger partial charge in [-0.1, -0.05) is 17.7 Å². The first-order valence-corrected chi connectivity index (χ1v) is 6.56. The lowest BCUT2D eigenvalue weighted by Gasteiger charge is -2.27. The second-order valence-electron chi connectivity index (χ2n) is 5.18. The fourth-order valence-corrected chi connectivity index (χ4v) is 3.42. The standard InChI is InChI=1S/C14H15ClN2/c15-14-6-10(7-16)1-3-12(14)9-17-8-11-2-4-13(17)5-11/h1,3,6,11,13H,2,4-5,8-9H2. The van der Waals surface area contributed by atoms with Crippen LogP contribution in [0.1, 0.15) is 30.4 Å². The molecule has 2 aliphatic rings. The van der Waals surface area contributed by atoms with Gasteiger partial charge in [-0.3, -0.25) is 4.90 Å². The zero-order valence-electron chi connectivity index (χ0n) is 9.69. The van der Waals surface area contributed by atoms with E-state index in [9.17, 15) is 0 Å². The number of likely N-dealkylation sites (tertiary alicyclic amines) is 1. The number of nitrogens with zero attached hydrogens (tertiary/aromatic N) is 2. The van der Waals surface area contributed by atoms with Crippen LogP contribution in [-0.4, -0.2) is 17.5 Å². The number of hydrogen-bond donors (Lipinski definition) is 0. The van der Waals surface area contributed by atoms with Crippen molar-refractivity contribution < 1.29 is 0 Å². The van der Waals surface area contributed by atoms with Crippen LogP contribution in [0.2, 0.25) is 5.02 Å². The van der Waals surface area contributed by atoms with E-state index >= 15 is 0 Å². The second-order valence-corrected chi connectivity index (χ2v) is 5.59. The highest BCUT2D eigenvalue weighted by Crippen LogP contribution is 2.38. The van der Waals surface area contributed by atoms with Gasteiger partial charge in [-0.15, -0.1) is 0 Å². The SMILES string of the molecule is N#Cc1ccc(CN2CC3CCC2C3)c(Cl)c1. The molecule has 0 spiro atoms. The van der Waals surface area contributed by atoms with Crippen LogP contribution in [0.15, 0.2) is 18.2 Å². The van der Waals surface area contributed by atoms with Gasteiger partial charge in [0.15, 0.2) is 0 Å². The maximum Gasteiger partial charge on any atom is 0.0992 e. The Morgan fingerprint density at radius 3 is 2.88 bits per heavy atom. The van der Waals surface area contributed by atoms with E-state index in [4.69, 9.17) is 16.9 Å². The Kier molecular flexibility index (Phi) is 2.82. The molecule has 0 N–H and O–H groups in total. The topological polar surface area (TPSA) is 27.0 Å². The molecule has 3 heteroatoms. The van der Waals surface area contributed by atoms with E-state index in [0.717, 1.165) is 29.1 Å². The maximum absolute atomic E-state index is 8.80. The summed E-state index contributed by atoms with van der Waals surface area (Å²) in [6.07, 6.45) is 4.12. The summed E-state index contributed by atoms with van der Waals surface area (Å²) in [6, 6.07) is 8.51. The van der Waals surface area contributed by atoms with Gasteiger partial charge < -0.3 is 0 Å². The number of fused-ring (bicyclic) bond motifs is 2. The normalized spacial score (nSPS) is 27.3. The lowest BCUT2D eigenvalue weighted by molar-refractivity contribution is 0.205. The van der Waals surface area contributed by atoms with Gasteiger partial charge in [-0.05, 0) is 42.9 Å². The first-order chi connectivity index (χ1) is 8.26. The molecule has 2 bridgehead atoms. The molecule has 1 saturated heterocycles. The van der Waals surface area contributed by atoms with Crippen molar-refractivity contribution in [3.63, 3.8) is 0 Å². The largest absolute Gasteiger partial charge is 0.296 e. The first-order valence-electron chi connectivity index (χ1n) is 6.19. The number of nitriles is 1. The molecule has 1 aromatic carbocycles. The van der Waals surface area contributed by atoms with Gasteiger partial charge >= 0.3 is 0 Å². The van der Waals surface area contributed by atoms with Crippen molar-refractivity contribution in [3.05, 3.63) is 34.3 Å². The third-order valence-corrected chi connectivity index (χ3v) is 4.43. The summed E-state index contributed by atoms with van der Waals surface area (Å²) in [5.74, 6) is 0.914. The number of halogens is 1. The molecule has 1 heterocycles. The molecule has 1 aromatic rings. The molecule has 3 rings (SSSR count). The summed E-state index contributed by atoms with van der Waals surface area (Å²) >= 11 is 6.21. The Hall–Kier alpha value is -1.04. The van der Waals surface area contributed by atoms with E-state index in [1.807, 2.05) is 12.1 Å². The fourth-order valence-electron chi connectivity index (χ4n) is 3.18. The smallest absolute Gasteiger partial charge is 0.0992 e. The third-order valence-electron chi connectivity index (χ3n) is 4.08. The minimum absolute atomic E-state index is 0.640. The van der Waals surface area contributed by atoms with Gasteiger partial charge in [0.1, 0.15) is 0 Å². The van der Waals surface area contributed by atoms with Crippen molar-refractivity contribution in [3.8, 4) is 6.07 Å². The van der Waals surface area contributed by atoms with Crippen LogP contribution in [0.5, 0.6) is 0 Å². The summed E-state index contributed by atoms with van der Waals surface area (Å²) in [7, 11) is 0. The predicted molar refractivity (Wildman–Crippen MR) is 67.7 cm³/mol. The summed E-state index contributed by atoms with van der Waals surface area (Å²) < 4.78 is 0. The van der Waals surface area contributed by atoms with Crippen molar-refractivity contribution >= 4 is 11.6 Å². The molecule has 2 nitrogen and oxygen atoms in total. The van der Waals surface area contributed by atoms with E-state index in [1.54, 1.807) is 6.07 Å². The minimum atomic E-state index is 0.640. The van der Waals surface area contributed by atoms with Crippen LogP contribution in [0.25, 0.3) is 0 Å². The number of rotatable bonds is 2. The summed E-state index contributed by atoms with van der Waals surface area (Å²) in [5.41, 5.74) is 1.79. The van der Waals surface area contributed by atoms with Gasteiger partial charge in [0.25, 0.3) is 0 Å². The maximum atomic E-state index is 8.80. The van der Waals surface area contributed by atoms with Crippen molar-refractivity contribution in [2.24, 2.45) is 5.92 Å². The average molecular weight is 247 g/mol. The number of hydrogen-bond acceptors (Lipinski definition) is 2. The monoisotopic (exact) mass is 246 g/mol. The van der Waals surface area contributed by atoms with E-state index in [2.05, 4.69) is 11.0 Å². The van der Waals surface area contributed by atoms with Crippen molar-refractivity contribution in [1.29, 1.82) is 5.26 Å². The van der Waals surface area contributed by atoms with Crippen LogP contribution in [0, 0.1) is 17.2 Å². The Bertz CT molecular complexity index is 478. The molecule has 0 radical (unpaired) electrons. The molecule has 2 unspecified atom stereocenters. The van der Waals surface area contributed by atoms with Crippen molar-refractivity contribution in [2.45, 2.75) is 31.8 Å². The van der Waals surface area contributed by atoms with Gasteiger partial charge in [0, 0.05) is 24.2 Å². The molecule has 1 aliphatic carbocycles. The Morgan fingerprint density at radius 2 is 2.29 bits per heavy atom. The van der Waals surface area contributed by atoms with E-state index < -0.39 is 0 Å². The van der Waals surface area contributed by atoms with E-state index in [-0.39, 0.29) is 0 Å². The highest BCUT2D eigenvalue weighted by Gasteiger charge is 2.37. The zero-order chi connectivity index (χ0) is 11.8. The minimum Gasteiger partial charge on any atom is -0.296 e. The average Bonchev–Trinajstić information content (AvgIpc) is 2.93. The first kappa shape index (κ1) is 11.1. The molecule has 0 aromatic heterocycles. The summed E-state index contributed by atoms with van der Waals surface area (Å²) in [4.78, 5) is 2.54. The van der Waals surface area contributed by atoms with Crippen molar-refractivity contribution in [2.75, 3.05) is 6.54 Å². The van der Waals surface area contributed by atoms with Gasteiger partial charge in [0.2, 0.25) is 0 Å². The van der Waals surface area contributed by atoms with Crippen LogP contribution in [0.3, 0.4) is 0 Å². The molecule has 0 amide bonds. The molecular formula is C14H15ClN2. The molecule has 2 fully saturated rings. The van der Waals surface area contributed by atoms with Crippen LogP contribution < -0.4 is 0 Å². The molecule has 17 heavy (non-hydrogen) atoms. The van der Waals surface area contributed by atoms with Gasteiger partial charge in [-0.2, -0.15) is 5.26 Å². The highest BCUT2D eigenvalue weighted by atomic mass is 35.5. The number of benzene rings is 1. The lowest BCUT2D eigenvalue weighted by atomic mass is 10.1. The van der Waals surface area contributed by atoms with Gasteiger partial charge in [-0.25, -0.2) is 0 Å². The quantitative estimate of drug-likeness (QED) is 0.801. The molecule has 2 atom stereocenters. The Labute approximate surface area is 107 Å². The van der Waals surface area contributed by atoms with Crippen LogP contribution >= 0.6 is 11.6 Å². The summed E-state index contributed by atoms with van der Waals surface area (Å²) in [5, 5.41) is 9.53. The third kappa shape index (κ3) is 2.06. The van der Waals surface area contributed by atoms with Crippen LogP contribution in [-0.2, 0) is 6.54 Å². The predicted octanol–water partition coefficient (Wildman–Crippen LogP) is 3.20. The second kappa shape index (κ2) is 4.33. The number of piperidine rings is 1. The summed E-state index contributed by atoms with van der Waals surface area (Å²) in [6.45, 7) is 2.16. The Balaban J connectivity index is 1.75. The van der Waals surface area contributed by atoms with E-state index in [0.29, 0.717) is 5.56 Å². The van der Waals surface area contributed by atoms with Crippen molar-refractivity contribution in [1.82, 2.24) is 4.90 Å². The van der Waals surface area contributed by atoms with Gasteiger partial charge in [0.05, 0.1) is 11.6 Å². The molecule has 1 aliphatic heterocycles. The van der Waals surface area contributed by atoms with Crippen LogP contribution in [0.4, 0.5) is 0 Å². The Morgan fingerprint density at radius 1 is 1.41 bits per heavy atom. The molecule has 1 saturated carbocycles. The highest BCUT2D eigenvalue weighted by molar-refractivity contribution is 6.31. The molecule has 88 valence electrons. The zero-order valence-corrected chi connectivity index (χ0v) is 10.5. The lowest BCUT2D eigenvalue weighted by Crippen LogP contribution is -2.31. The fraction of sp³-hybridized carbons (Fsp3) is 0.500.